The Bertz CT molecular complexity index is 1530. The van der Waals surface area contributed by atoms with Crippen molar-refractivity contribution in [3.8, 4) is 11.4 Å². The molecule has 1 aromatic carbocycles. The first kappa shape index (κ1) is 21.9. The smallest absolute Gasteiger partial charge is 0.343 e. The number of fused-ring (bicyclic) bond motifs is 5. The second-order valence-electron chi connectivity index (χ2n) is 9.23. The van der Waals surface area contributed by atoms with Gasteiger partial charge in [0.15, 0.2) is 5.60 Å². The summed E-state index contributed by atoms with van der Waals surface area (Å²) in [5, 5.41) is 23.9. The normalized spacial score (nSPS) is 21.8. The summed E-state index contributed by atoms with van der Waals surface area (Å²) in [5.41, 5.74) is 1.51. The minimum absolute atomic E-state index is 0.0226. The summed E-state index contributed by atoms with van der Waals surface area (Å²) in [7, 11) is 0. The largest absolute Gasteiger partial charge is 0.458 e. The second-order valence-corrected chi connectivity index (χ2v) is 9.23. The van der Waals surface area contributed by atoms with E-state index in [-0.39, 0.29) is 30.7 Å². The summed E-state index contributed by atoms with van der Waals surface area (Å²) >= 11 is 0. The molecule has 3 N–H and O–H groups in total. The van der Waals surface area contributed by atoms with Crippen molar-refractivity contribution in [3.05, 3.63) is 62.2 Å². The van der Waals surface area contributed by atoms with Gasteiger partial charge in [-0.1, -0.05) is 6.92 Å². The Morgan fingerprint density at radius 3 is 2.86 bits per heavy atom. The number of rotatable bonds is 3. The van der Waals surface area contributed by atoms with Gasteiger partial charge in [0.25, 0.3) is 5.56 Å². The van der Waals surface area contributed by atoms with Crippen molar-refractivity contribution in [2.45, 2.75) is 51.0 Å². The minimum atomic E-state index is -1.95. The second kappa shape index (κ2) is 7.43. The first-order valence-corrected chi connectivity index (χ1v) is 11.5. The minimum Gasteiger partial charge on any atom is -0.458 e. The molecule has 0 radical (unpaired) electrons. The van der Waals surface area contributed by atoms with E-state index < -0.39 is 41.5 Å². The number of pyridine rings is 2. The van der Waals surface area contributed by atoms with E-state index in [1.807, 2.05) is 0 Å². The summed E-state index contributed by atoms with van der Waals surface area (Å²) in [5.74, 6) is -1.78. The molecule has 6 rings (SSSR count). The van der Waals surface area contributed by atoms with Crippen molar-refractivity contribution >= 4 is 22.8 Å². The van der Waals surface area contributed by atoms with Crippen molar-refractivity contribution in [1.82, 2.24) is 14.9 Å². The van der Waals surface area contributed by atoms with E-state index >= 15 is 0 Å². The maximum atomic E-state index is 14.4. The molecule has 4 heterocycles. The summed E-state index contributed by atoms with van der Waals surface area (Å²) in [6.07, 6.45) is 1.03. The molecule has 1 aliphatic carbocycles. The predicted octanol–water partition coefficient (Wildman–Crippen LogP) is 1.31. The van der Waals surface area contributed by atoms with Crippen molar-refractivity contribution in [2.75, 3.05) is 6.61 Å². The SMILES string of the molecule is CC[C@@]1(O)C(=O)OCc2c1cc1n(c2=O)Cc2c-1nc1cc(F)cc3c1c2[C@@H](NC(=O)CO)CC3. The fraction of sp³-hybridized carbons (Fsp3) is 0.360. The van der Waals surface area contributed by atoms with Crippen molar-refractivity contribution in [3.63, 3.8) is 0 Å². The lowest BCUT2D eigenvalue weighted by molar-refractivity contribution is -0.172. The number of aliphatic hydroxyl groups excluding tert-OH is 1. The number of aromatic nitrogens is 2. The maximum absolute atomic E-state index is 14.4. The number of hydrogen-bond donors (Lipinski definition) is 3. The number of amides is 1. The molecule has 3 aromatic rings. The number of aliphatic hydroxyl groups is 2. The number of halogens is 1. The quantitative estimate of drug-likeness (QED) is 0.378. The number of carbonyl (C=O) groups is 2. The van der Waals surface area contributed by atoms with E-state index in [4.69, 9.17) is 9.72 Å². The molecule has 1 amide bonds. The molecule has 10 heteroatoms. The fourth-order valence-electron chi connectivity index (χ4n) is 5.71. The van der Waals surface area contributed by atoms with Gasteiger partial charge in [0, 0.05) is 22.6 Å². The first-order chi connectivity index (χ1) is 16.8. The number of hydrogen-bond acceptors (Lipinski definition) is 7. The van der Waals surface area contributed by atoms with Crippen LogP contribution in [0.1, 0.15) is 53.6 Å². The molecule has 0 bridgehead atoms. The van der Waals surface area contributed by atoms with Crippen LogP contribution in [0.15, 0.2) is 23.0 Å². The maximum Gasteiger partial charge on any atom is 0.343 e. The highest BCUT2D eigenvalue weighted by Gasteiger charge is 2.45. The molecule has 0 unspecified atom stereocenters. The first-order valence-electron chi connectivity index (χ1n) is 11.5. The van der Waals surface area contributed by atoms with Gasteiger partial charge in [0.05, 0.1) is 35.1 Å². The van der Waals surface area contributed by atoms with E-state index in [9.17, 15) is 29.0 Å². The van der Waals surface area contributed by atoms with E-state index in [2.05, 4.69) is 5.32 Å². The Hall–Kier alpha value is -3.63. The van der Waals surface area contributed by atoms with Gasteiger partial charge in [-0.3, -0.25) is 9.59 Å². The molecule has 35 heavy (non-hydrogen) atoms. The van der Waals surface area contributed by atoms with E-state index in [1.54, 1.807) is 13.0 Å². The molecule has 0 saturated carbocycles. The molecule has 0 spiro atoms. The molecule has 3 aliphatic rings. The Balaban J connectivity index is 1.65. The van der Waals surface area contributed by atoms with Crippen LogP contribution in [-0.2, 0) is 39.5 Å². The third kappa shape index (κ3) is 2.93. The Kier molecular flexibility index (Phi) is 4.64. The number of benzene rings is 1. The highest BCUT2D eigenvalue weighted by atomic mass is 19.1. The number of nitrogens with zero attached hydrogens (tertiary/aromatic N) is 2. The van der Waals surface area contributed by atoms with Crippen LogP contribution in [0.5, 0.6) is 0 Å². The lowest BCUT2D eigenvalue weighted by Gasteiger charge is -2.31. The van der Waals surface area contributed by atoms with Gasteiger partial charge in [-0.2, -0.15) is 0 Å². The van der Waals surface area contributed by atoms with E-state index in [1.165, 1.54) is 16.7 Å². The molecule has 9 nitrogen and oxygen atoms in total. The zero-order chi connectivity index (χ0) is 24.6. The van der Waals surface area contributed by atoms with E-state index in [0.29, 0.717) is 35.3 Å². The molecule has 2 aromatic heterocycles. The van der Waals surface area contributed by atoms with Crippen LogP contribution in [0.25, 0.3) is 22.3 Å². The van der Waals surface area contributed by atoms with Gasteiger partial charge in [-0.15, -0.1) is 0 Å². The lowest BCUT2D eigenvalue weighted by Crippen LogP contribution is -2.44. The van der Waals surface area contributed by atoms with Gasteiger partial charge in [-0.25, -0.2) is 14.2 Å². The number of ether oxygens (including phenoxy) is 1. The molecule has 0 saturated heterocycles. The molecule has 180 valence electrons. The third-order valence-corrected chi connectivity index (χ3v) is 7.41. The summed E-state index contributed by atoms with van der Waals surface area (Å²) < 4.78 is 21.1. The Labute approximate surface area is 198 Å². The highest BCUT2D eigenvalue weighted by Crippen LogP contribution is 2.45. The number of carbonyl (C=O) groups excluding carboxylic acids is 2. The standard InChI is InChI=1S/C25H22FN3O6/c1-2-25(34)15-7-18-22-13(8-29(18)23(32)14(15)10-35-24(25)33)21-16(27-19(31)9-30)4-3-11-5-12(26)6-17(28-22)20(11)21/h5-7,16,30,34H,2-4,8-10H2,1H3,(H,27,31)/t16-,25-/m0/s1. The summed E-state index contributed by atoms with van der Waals surface area (Å²) in [4.78, 5) is 42.7. The van der Waals surface area contributed by atoms with Gasteiger partial charge < -0.3 is 24.8 Å². The average molecular weight is 479 g/mol. The van der Waals surface area contributed by atoms with Gasteiger partial charge in [0.1, 0.15) is 19.0 Å². The molecular formula is C25H22FN3O6. The van der Waals surface area contributed by atoms with Crippen molar-refractivity contribution in [2.24, 2.45) is 0 Å². The molecule has 2 aliphatic heterocycles. The monoisotopic (exact) mass is 479 g/mol. The van der Waals surface area contributed by atoms with Crippen LogP contribution >= 0.6 is 0 Å². The molecular weight excluding hydrogens is 457 g/mol. The van der Waals surface area contributed by atoms with Gasteiger partial charge >= 0.3 is 5.97 Å². The van der Waals surface area contributed by atoms with Crippen LogP contribution < -0.4 is 10.9 Å². The lowest BCUT2D eigenvalue weighted by atomic mass is 9.83. The van der Waals surface area contributed by atoms with Crippen LogP contribution in [0, 0.1) is 5.82 Å². The van der Waals surface area contributed by atoms with Gasteiger partial charge in [-0.05, 0) is 42.5 Å². The molecule has 0 fully saturated rings. The Morgan fingerprint density at radius 2 is 2.11 bits per heavy atom. The summed E-state index contributed by atoms with van der Waals surface area (Å²) in [6, 6.07) is 3.92. The zero-order valence-electron chi connectivity index (χ0n) is 18.9. The summed E-state index contributed by atoms with van der Waals surface area (Å²) in [6.45, 7) is 0.886. The highest BCUT2D eigenvalue weighted by molar-refractivity contribution is 5.93. The number of nitrogens with one attached hydrogen (secondary N) is 1. The van der Waals surface area contributed by atoms with Crippen molar-refractivity contribution in [1.29, 1.82) is 0 Å². The topological polar surface area (TPSA) is 131 Å². The number of aryl methyl sites for hydroxylation is 1. The fourth-order valence-corrected chi connectivity index (χ4v) is 5.71. The number of esters is 1. The van der Waals surface area contributed by atoms with Gasteiger partial charge in [0.2, 0.25) is 5.91 Å². The van der Waals surface area contributed by atoms with Crippen LogP contribution in [0.3, 0.4) is 0 Å². The number of cyclic esters (lactones) is 1. The zero-order valence-corrected chi connectivity index (χ0v) is 18.9. The third-order valence-electron chi connectivity index (χ3n) is 7.41. The predicted molar refractivity (Wildman–Crippen MR) is 121 cm³/mol. The van der Waals surface area contributed by atoms with Crippen LogP contribution in [0.2, 0.25) is 0 Å². The Morgan fingerprint density at radius 1 is 1.31 bits per heavy atom. The van der Waals surface area contributed by atoms with Crippen molar-refractivity contribution < 1.29 is 28.9 Å². The molecule has 2 atom stereocenters. The van der Waals surface area contributed by atoms with E-state index in [0.717, 1.165) is 16.5 Å². The van der Waals surface area contributed by atoms with Crippen LogP contribution in [-0.4, -0.2) is 38.2 Å². The van der Waals surface area contributed by atoms with Crippen LogP contribution in [0.4, 0.5) is 4.39 Å². The average Bonchev–Trinajstić information content (AvgIpc) is 3.21.